The van der Waals surface area contributed by atoms with E-state index in [1.54, 1.807) is 6.92 Å². The Morgan fingerprint density at radius 2 is 2.00 bits per heavy atom. The van der Waals surface area contributed by atoms with Crippen LogP contribution in [-0.2, 0) is 9.59 Å². The van der Waals surface area contributed by atoms with Crippen molar-refractivity contribution in [3.63, 3.8) is 0 Å². The first-order valence-electron chi connectivity index (χ1n) is 5.19. The average Bonchev–Trinajstić information content (AvgIpc) is 2.20. The topological polar surface area (TPSA) is 86.6 Å². The van der Waals surface area contributed by atoms with E-state index in [9.17, 15) is 14.7 Å². The summed E-state index contributed by atoms with van der Waals surface area (Å²) in [5.74, 6) is -1.93. The Balaban J connectivity index is 4.53. The van der Waals surface area contributed by atoms with E-state index in [0.29, 0.717) is 6.42 Å². The summed E-state index contributed by atoms with van der Waals surface area (Å²) in [5, 5.41) is 20.9. The average molecular weight is 229 g/mol. The molecule has 0 spiro atoms. The van der Waals surface area contributed by atoms with Crippen molar-refractivity contribution in [3.8, 4) is 0 Å². The van der Waals surface area contributed by atoms with Crippen molar-refractivity contribution < 1.29 is 19.8 Å². The van der Waals surface area contributed by atoms with Crippen LogP contribution < -0.4 is 5.32 Å². The molecule has 16 heavy (non-hydrogen) atoms. The van der Waals surface area contributed by atoms with E-state index in [4.69, 9.17) is 5.11 Å². The Bertz CT molecular complexity index is 275. The summed E-state index contributed by atoms with van der Waals surface area (Å²) in [6.07, 6.45) is 3.15. The van der Waals surface area contributed by atoms with Crippen LogP contribution in [0.5, 0.6) is 0 Å². The van der Waals surface area contributed by atoms with Crippen LogP contribution in [0, 0.1) is 5.92 Å². The largest absolute Gasteiger partial charge is 0.480 e. The van der Waals surface area contributed by atoms with Crippen LogP contribution in [-0.4, -0.2) is 34.2 Å². The monoisotopic (exact) mass is 229 g/mol. The molecule has 0 saturated carbocycles. The summed E-state index contributed by atoms with van der Waals surface area (Å²) in [4.78, 5) is 21.7. The minimum atomic E-state index is -1.25. The molecule has 0 aromatic heterocycles. The molecule has 0 fully saturated rings. The molecular weight excluding hydrogens is 210 g/mol. The number of aliphatic hydroxyl groups excluding tert-OH is 1. The second-order valence-corrected chi connectivity index (χ2v) is 3.79. The highest BCUT2D eigenvalue weighted by atomic mass is 16.4. The maximum absolute atomic E-state index is 10.9. The molecule has 0 aliphatic heterocycles. The van der Waals surface area contributed by atoms with Gasteiger partial charge in [0.15, 0.2) is 6.04 Å². The lowest BCUT2D eigenvalue weighted by atomic mass is 9.94. The first-order chi connectivity index (χ1) is 7.40. The number of amides is 1. The summed E-state index contributed by atoms with van der Waals surface area (Å²) < 4.78 is 0. The molecule has 5 nitrogen and oxygen atoms in total. The van der Waals surface area contributed by atoms with Crippen molar-refractivity contribution in [1.29, 1.82) is 0 Å². The first-order valence-corrected chi connectivity index (χ1v) is 5.19. The van der Waals surface area contributed by atoms with E-state index < -0.39 is 24.0 Å². The van der Waals surface area contributed by atoms with E-state index in [-0.39, 0.29) is 5.92 Å². The van der Waals surface area contributed by atoms with Gasteiger partial charge in [-0.05, 0) is 19.3 Å². The fourth-order valence-electron chi connectivity index (χ4n) is 1.33. The van der Waals surface area contributed by atoms with Crippen molar-refractivity contribution in [1.82, 2.24) is 5.32 Å². The van der Waals surface area contributed by atoms with Gasteiger partial charge >= 0.3 is 5.97 Å². The fraction of sp³-hybridized carbons (Fsp3) is 0.636. The van der Waals surface area contributed by atoms with Crippen molar-refractivity contribution in [2.24, 2.45) is 5.92 Å². The number of aliphatic hydroxyl groups is 1. The van der Waals surface area contributed by atoms with E-state index in [1.165, 1.54) is 6.92 Å². The summed E-state index contributed by atoms with van der Waals surface area (Å²) in [7, 11) is 0. The van der Waals surface area contributed by atoms with Crippen LogP contribution in [0.2, 0.25) is 0 Å². The van der Waals surface area contributed by atoms with E-state index in [0.717, 1.165) is 0 Å². The predicted octanol–water partition coefficient (Wildman–Crippen LogP) is 0.539. The van der Waals surface area contributed by atoms with Crippen LogP contribution in [0.15, 0.2) is 12.2 Å². The molecule has 3 atom stereocenters. The number of allylic oxidation sites excluding steroid dienone is 2. The Morgan fingerprint density at radius 1 is 1.44 bits per heavy atom. The highest BCUT2D eigenvalue weighted by Crippen LogP contribution is 2.13. The number of hydrogen-bond acceptors (Lipinski definition) is 3. The summed E-state index contributed by atoms with van der Waals surface area (Å²) in [6.45, 7) is 4.81. The van der Waals surface area contributed by atoms with E-state index in [2.05, 4.69) is 5.32 Å². The molecule has 0 aliphatic rings. The minimum Gasteiger partial charge on any atom is -0.480 e. The fourth-order valence-corrected chi connectivity index (χ4v) is 1.33. The molecule has 92 valence electrons. The Kier molecular flexibility index (Phi) is 6.41. The van der Waals surface area contributed by atoms with Gasteiger partial charge in [0.2, 0.25) is 5.91 Å². The maximum atomic E-state index is 10.9. The number of carbonyl (C=O) groups excluding carboxylic acids is 1. The van der Waals surface area contributed by atoms with Gasteiger partial charge < -0.3 is 15.5 Å². The maximum Gasteiger partial charge on any atom is 0.328 e. The molecule has 0 aliphatic carbocycles. The quantitative estimate of drug-likeness (QED) is 0.580. The van der Waals surface area contributed by atoms with Crippen LogP contribution in [0.3, 0.4) is 0 Å². The summed E-state index contributed by atoms with van der Waals surface area (Å²) in [5.41, 5.74) is 0. The number of aliphatic carboxylic acids is 1. The number of carbonyl (C=O) groups is 2. The smallest absolute Gasteiger partial charge is 0.328 e. The molecule has 0 saturated heterocycles. The Morgan fingerprint density at radius 3 is 2.38 bits per heavy atom. The molecule has 5 heteroatoms. The second-order valence-electron chi connectivity index (χ2n) is 3.79. The zero-order valence-electron chi connectivity index (χ0n) is 9.80. The van der Waals surface area contributed by atoms with Gasteiger partial charge in [-0.25, -0.2) is 4.79 Å². The van der Waals surface area contributed by atoms with Crippen LogP contribution in [0.1, 0.15) is 27.2 Å². The highest BCUT2D eigenvalue weighted by molar-refractivity contribution is 5.82. The molecule has 3 unspecified atom stereocenters. The zero-order valence-corrected chi connectivity index (χ0v) is 9.80. The van der Waals surface area contributed by atoms with Crippen LogP contribution in [0.4, 0.5) is 0 Å². The van der Waals surface area contributed by atoms with Crippen molar-refractivity contribution >= 4 is 11.9 Å². The number of nitrogens with one attached hydrogen (secondary N) is 1. The Hall–Kier alpha value is -1.36. The van der Waals surface area contributed by atoms with Crippen molar-refractivity contribution in [2.75, 3.05) is 0 Å². The van der Waals surface area contributed by atoms with Gasteiger partial charge in [-0.1, -0.05) is 19.1 Å². The first kappa shape index (κ1) is 14.6. The molecule has 0 aromatic carbocycles. The minimum absolute atomic E-state index is 0.232. The molecule has 0 rings (SSSR count). The highest BCUT2D eigenvalue weighted by Gasteiger charge is 2.30. The van der Waals surface area contributed by atoms with Gasteiger partial charge in [-0.15, -0.1) is 0 Å². The normalized spacial score (nSPS) is 16.8. The van der Waals surface area contributed by atoms with Crippen LogP contribution in [0.25, 0.3) is 0 Å². The molecule has 0 heterocycles. The predicted molar refractivity (Wildman–Crippen MR) is 59.8 cm³/mol. The third-order valence-electron chi connectivity index (χ3n) is 2.29. The third kappa shape index (κ3) is 4.93. The zero-order chi connectivity index (χ0) is 12.7. The second kappa shape index (κ2) is 7.00. The lowest BCUT2D eigenvalue weighted by molar-refractivity contribution is -0.145. The van der Waals surface area contributed by atoms with E-state index in [1.807, 2.05) is 19.1 Å². The van der Waals surface area contributed by atoms with Crippen molar-refractivity contribution in [3.05, 3.63) is 12.2 Å². The molecule has 0 bridgehead atoms. The SMILES string of the molecule is CC=CCC(C)C(O)C(NC(C)=O)C(=O)O. The lowest BCUT2D eigenvalue weighted by Gasteiger charge is -2.24. The third-order valence-corrected chi connectivity index (χ3v) is 2.29. The summed E-state index contributed by atoms with van der Waals surface area (Å²) >= 11 is 0. The van der Waals surface area contributed by atoms with Gasteiger partial charge in [-0.3, -0.25) is 4.79 Å². The van der Waals surface area contributed by atoms with Gasteiger partial charge in [0.1, 0.15) is 0 Å². The summed E-state index contributed by atoms with van der Waals surface area (Å²) in [6, 6.07) is -1.25. The molecular formula is C11H19NO4. The molecule has 3 N–H and O–H groups in total. The van der Waals surface area contributed by atoms with Gasteiger partial charge in [0.25, 0.3) is 0 Å². The molecule has 0 aromatic rings. The molecule has 1 amide bonds. The molecule has 0 radical (unpaired) electrons. The van der Waals surface area contributed by atoms with Gasteiger partial charge in [0.05, 0.1) is 6.10 Å². The number of hydrogen-bond donors (Lipinski definition) is 3. The van der Waals surface area contributed by atoms with Gasteiger partial charge in [0, 0.05) is 6.92 Å². The van der Waals surface area contributed by atoms with Crippen LogP contribution >= 0.6 is 0 Å². The van der Waals surface area contributed by atoms with Gasteiger partial charge in [-0.2, -0.15) is 0 Å². The number of rotatable bonds is 6. The standard InChI is InChI=1S/C11H19NO4/c1-4-5-6-7(2)10(14)9(11(15)16)12-8(3)13/h4-5,7,9-10,14H,6H2,1-3H3,(H,12,13)(H,15,16). The number of carboxylic acid groups (broad SMARTS) is 1. The lowest BCUT2D eigenvalue weighted by Crippen LogP contribution is -2.50. The van der Waals surface area contributed by atoms with E-state index >= 15 is 0 Å². The van der Waals surface area contributed by atoms with Crippen molar-refractivity contribution in [2.45, 2.75) is 39.3 Å². The number of carboxylic acids is 1. The Labute approximate surface area is 95.2 Å².